The van der Waals surface area contributed by atoms with E-state index in [1.807, 2.05) is 13.0 Å². The van der Waals surface area contributed by atoms with Gasteiger partial charge in [0, 0.05) is 12.8 Å². The maximum absolute atomic E-state index is 12.6. The summed E-state index contributed by atoms with van der Waals surface area (Å²) in [5.74, 6) is 0.107. The summed E-state index contributed by atoms with van der Waals surface area (Å²) >= 11 is 0. The lowest BCUT2D eigenvalue weighted by Crippen LogP contribution is -2.47. The van der Waals surface area contributed by atoms with Crippen LogP contribution in [0.3, 0.4) is 0 Å². The van der Waals surface area contributed by atoms with E-state index in [-0.39, 0.29) is 29.7 Å². The monoisotopic (exact) mass is 390 g/mol. The number of hydrogen-bond donors (Lipinski definition) is 0. The van der Waals surface area contributed by atoms with Crippen LogP contribution in [-0.2, 0) is 19.3 Å². The molecule has 148 valence electrons. The Kier molecular flexibility index (Phi) is 6.27. The second-order valence-electron chi connectivity index (χ2n) is 7.77. The van der Waals surface area contributed by atoms with Gasteiger partial charge >= 0.3 is 0 Å². The van der Waals surface area contributed by atoms with Gasteiger partial charge < -0.3 is 9.47 Å². The van der Waals surface area contributed by atoms with Crippen LogP contribution in [-0.4, -0.2) is 38.1 Å². The lowest BCUT2D eigenvalue weighted by molar-refractivity contribution is -0.166. The number of fused-ring (bicyclic) bond motifs is 1. The minimum atomic E-state index is -3.28. The average Bonchev–Trinajstić information content (AvgIpc) is 3.05. The fraction of sp³-hybridized carbons (Fsp3) is 0.591. The molecule has 0 amide bonds. The van der Waals surface area contributed by atoms with Gasteiger partial charge in [-0.2, -0.15) is 0 Å². The molecule has 0 spiro atoms. The molecule has 0 N–H and O–H groups in total. The molecular formula is C22H30O4S. The fourth-order valence-corrected chi connectivity index (χ4v) is 5.70. The highest BCUT2D eigenvalue weighted by atomic mass is 32.2. The van der Waals surface area contributed by atoms with Gasteiger partial charge in [0.1, 0.15) is 0 Å². The van der Waals surface area contributed by atoms with Gasteiger partial charge in [-0.15, -0.1) is 5.73 Å². The molecule has 0 bridgehead atoms. The van der Waals surface area contributed by atoms with Crippen LogP contribution in [0.1, 0.15) is 52.4 Å². The highest BCUT2D eigenvalue weighted by Crippen LogP contribution is 2.45. The molecule has 2 heterocycles. The molecule has 2 aliphatic rings. The highest BCUT2D eigenvalue weighted by Gasteiger charge is 2.51. The molecule has 2 aliphatic heterocycles. The lowest BCUT2D eigenvalue weighted by Gasteiger charge is -2.41. The van der Waals surface area contributed by atoms with Gasteiger partial charge in [-0.3, -0.25) is 0 Å². The van der Waals surface area contributed by atoms with E-state index >= 15 is 0 Å². The number of sulfone groups is 1. The maximum atomic E-state index is 12.6. The van der Waals surface area contributed by atoms with Crippen molar-refractivity contribution in [1.29, 1.82) is 0 Å². The van der Waals surface area contributed by atoms with Crippen molar-refractivity contribution in [2.24, 2.45) is 0 Å². The van der Waals surface area contributed by atoms with Gasteiger partial charge in [0.05, 0.1) is 34.6 Å². The number of benzene rings is 1. The summed E-state index contributed by atoms with van der Waals surface area (Å²) in [5, 5.41) is 0. The van der Waals surface area contributed by atoms with Crippen LogP contribution in [0.5, 0.6) is 0 Å². The van der Waals surface area contributed by atoms with E-state index in [0.717, 1.165) is 37.7 Å². The molecule has 27 heavy (non-hydrogen) atoms. The molecule has 2 unspecified atom stereocenters. The number of ether oxygens (including phenoxy) is 2. The van der Waals surface area contributed by atoms with Crippen LogP contribution in [0, 0.1) is 0 Å². The summed E-state index contributed by atoms with van der Waals surface area (Å²) < 4.78 is 37.9. The quantitative estimate of drug-likeness (QED) is 0.645. The summed E-state index contributed by atoms with van der Waals surface area (Å²) in [5.41, 5.74) is 3.79. The van der Waals surface area contributed by atoms with Gasteiger partial charge in [-0.25, -0.2) is 8.42 Å². The molecule has 2 fully saturated rings. The number of rotatable bonds is 7. The molecule has 4 atom stereocenters. The van der Waals surface area contributed by atoms with E-state index in [0.29, 0.717) is 11.3 Å². The van der Waals surface area contributed by atoms with Crippen LogP contribution < -0.4 is 0 Å². The topological polar surface area (TPSA) is 52.6 Å². The Hall–Kier alpha value is -1.39. The second-order valence-corrected chi connectivity index (χ2v) is 9.88. The third kappa shape index (κ3) is 4.55. The van der Waals surface area contributed by atoms with Gasteiger partial charge in [0.2, 0.25) is 0 Å². The zero-order valence-electron chi connectivity index (χ0n) is 16.3. The van der Waals surface area contributed by atoms with Crippen molar-refractivity contribution in [3.63, 3.8) is 0 Å². The maximum Gasteiger partial charge on any atom is 0.178 e. The first-order chi connectivity index (χ1) is 12.9. The van der Waals surface area contributed by atoms with E-state index in [1.54, 1.807) is 24.3 Å². The number of hydrogen-bond acceptors (Lipinski definition) is 4. The van der Waals surface area contributed by atoms with Crippen LogP contribution in [0.25, 0.3) is 0 Å². The summed E-state index contributed by atoms with van der Waals surface area (Å²) in [6, 6.07) is 8.65. The van der Waals surface area contributed by atoms with Crippen LogP contribution in [0.2, 0.25) is 0 Å². The van der Waals surface area contributed by atoms with Gasteiger partial charge in [-0.1, -0.05) is 31.7 Å². The van der Waals surface area contributed by atoms with Crippen molar-refractivity contribution in [1.82, 2.24) is 0 Å². The summed E-state index contributed by atoms with van der Waals surface area (Å²) in [6.07, 6.45) is 5.11. The van der Waals surface area contributed by atoms with E-state index < -0.39 is 9.84 Å². The summed E-state index contributed by atoms with van der Waals surface area (Å²) in [4.78, 5) is 0.383. The molecule has 0 saturated carbocycles. The molecule has 0 aliphatic carbocycles. The minimum Gasteiger partial charge on any atom is -0.372 e. The Labute approximate surface area is 163 Å². The molecule has 4 nitrogen and oxygen atoms in total. The molecule has 2 saturated heterocycles. The molecule has 0 aromatic heterocycles. The average molecular weight is 391 g/mol. The first-order valence-corrected chi connectivity index (χ1v) is 11.5. The second kappa shape index (κ2) is 8.32. The van der Waals surface area contributed by atoms with Crippen LogP contribution >= 0.6 is 0 Å². The van der Waals surface area contributed by atoms with Crippen molar-refractivity contribution in [3.8, 4) is 0 Å². The molecule has 5 heteroatoms. The van der Waals surface area contributed by atoms with Crippen molar-refractivity contribution in [2.45, 2.75) is 81.2 Å². The van der Waals surface area contributed by atoms with Crippen LogP contribution in [0.15, 0.2) is 53.1 Å². The fourth-order valence-electron chi connectivity index (χ4n) is 4.32. The molecule has 1 aromatic carbocycles. The largest absolute Gasteiger partial charge is 0.372 e. The van der Waals surface area contributed by atoms with E-state index in [2.05, 4.69) is 19.2 Å². The van der Waals surface area contributed by atoms with E-state index in [1.165, 1.54) is 0 Å². The Morgan fingerprint density at radius 3 is 2.67 bits per heavy atom. The van der Waals surface area contributed by atoms with Crippen molar-refractivity contribution < 1.29 is 17.9 Å². The third-order valence-electron chi connectivity index (χ3n) is 5.91. The summed E-state index contributed by atoms with van der Waals surface area (Å²) in [6.45, 7) is 7.88. The lowest BCUT2D eigenvalue weighted by atomic mass is 9.83. The van der Waals surface area contributed by atoms with E-state index in [9.17, 15) is 8.42 Å². The smallest absolute Gasteiger partial charge is 0.178 e. The zero-order valence-corrected chi connectivity index (χ0v) is 17.1. The predicted octanol–water partition coefficient (Wildman–Crippen LogP) is 4.46. The predicted molar refractivity (Wildman–Crippen MR) is 106 cm³/mol. The Morgan fingerprint density at radius 1 is 1.26 bits per heavy atom. The normalized spacial score (nSPS) is 30.5. The Bertz CT molecular complexity index is 795. The summed E-state index contributed by atoms with van der Waals surface area (Å²) in [7, 11) is -3.28. The molecule has 0 radical (unpaired) electrons. The van der Waals surface area contributed by atoms with E-state index in [4.69, 9.17) is 9.47 Å². The Morgan fingerprint density at radius 2 is 2.00 bits per heavy atom. The van der Waals surface area contributed by atoms with Gasteiger partial charge in [0.25, 0.3) is 0 Å². The molecule has 3 rings (SSSR count). The van der Waals surface area contributed by atoms with Crippen molar-refractivity contribution in [2.75, 3.05) is 5.75 Å². The van der Waals surface area contributed by atoms with Gasteiger partial charge in [0.15, 0.2) is 9.84 Å². The van der Waals surface area contributed by atoms with Crippen molar-refractivity contribution in [3.05, 3.63) is 48.2 Å². The standard InChI is InChI=1S/C22H30O4S/c1-4-17(3)15-18-11-12-21-22(5-2,26-18)16-19(25-21)13-14-27(23,24)20-9-7-6-8-10-20/h6-10,18-19,21H,1,5,11-16H2,2-3H3/t18-,19?,21?,22+/m1/s1. The van der Waals surface area contributed by atoms with Crippen molar-refractivity contribution >= 4 is 9.84 Å². The Balaban J connectivity index is 1.63. The first kappa shape index (κ1) is 20.3. The molecular weight excluding hydrogens is 360 g/mol. The molecule has 1 aromatic rings. The minimum absolute atomic E-state index is 0.0659. The third-order valence-corrected chi connectivity index (χ3v) is 7.68. The SMILES string of the molecule is C=C=C(C)C[C@H]1CCC2OC(CCS(=O)(=O)c3ccccc3)C[C@]2(CC)O1. The van der Waals surface area contributed by atoms with Gasteiger partial charge in [-0.05, 0) is 50.3 Å². The first-order valence-electron chi connectivity index (χ1n) is 9.85. The van der Waals surface area contributed by atoms with Crippen LogP contribution in [0.4, 0.5) is 0 Å². The highest BCUT2D eigenvalue weighted by molar-refractivity contribution is 7.91. The zero-order chi connectivity index (χ0) is 19.5.